The summed E-state index contributed by atoms with van der Waals surface area (Å²) in [6, 6.07) is 5.79. The molecule has 1 aliphatic heterocycles. The molecule has 3 heteroatoms. The van der Waals surface area contributed by atoms with Gasteiger partial charge in [-0.1, -0.05) is 31.9 Å². The highest BCUT2D eigenvalue weighted by Gasteiger charge is 2.23. The van der Waals surface area contributed by atoms with E-state index in [2.05, 4.69) is 6.92 Å². The number of fused-ring (bicyclic) bond motifs is 1. The van der Waals surface area contributed by atoms with Gasteiger partial charge in [-0.25, -0.2) is 0 Å². The van der Waals surface area contributed by atoms with Gasteiger partial charge < -0.3 is 10.6 Å². The van der Waals surface area contributed by atoms with Crippen molar-refractivity contribution in [1.29, 1.82) is 0 Å². The Morgan fingerprint density at radius 2 is 2.17 bits per heavy atom. The Balaban J connectivity index is 2.18. The van der Waals surface area contributed by atoms with E-state index in [1.54, 1.807) is 0 Å². The van der Waals surface area contributed by atoms with E-state index >= 15 is 0 Å². The molecule has 0 saturated carbocycles. The maximum Gasteiger partial charge on any atom is 0.256 e. The number of aryl methyl sites for hydroxylation is 1. The van der Waals surface area contributed by atoms with Gasteiger partial charge in [-0.05, 0) is 30.9 Å². The van der Waals surface area contributed by atoms with Crippen LogP contribution in [0, 0.1) is 0 Å². The monoisotopic (exact) mass is 246 g/mol. The van der Waals surface area contributed by atoms with Crippen LogP contribution in [0.1, 0.15) is 48.5 Å². The molecule has 0 bridgehead atoms. The summed E-state index contributed by atoms with van der Waals surface area (Å²) in [5, 5.41) is 0. The minimum atomic E-state index is 0.122. The average Bonchev–Trinajstić information content (AvgIpc) is 2.51. The number of anilines is 1. The number of benzene rings is 1. The quantitative estimate of drug-likeness (QED) is 0.656. The molecule has 1 amide bonds. The zero-order valence-electron chi connectivity index (χ0n) is 11.1. The first-order chi connectivity index (χ1) is 8.74. The van der Waals surface area contributed by atoms with Crippen LogP contribution in [-0.2, 0) is 6.42 Å². The molecule has 1 heterocycles. The number of hydrogen-bond donors (Lipinski definition) is 1. The molecule has 2 rings (SSSR count). The molecular formula is C15H22N2O. The molecule has 18 heavy (non-hydrogen) atoms. The molecule has 0 fully saturated rings. The van der Waals surface area contributed by atoms with Crippen molar-refractivity contribution in [1.82, 2.24) is 4.90 Å². The number of amides is 1. The van der Waals surface area contributed by atoms with Gasteiger partial charge in [0.15, 0.2) is 0 Å². The molecule has 0 atom stereocenters. The standard InChI is InChI=1S/C15H22N2O/c1-2-3-4-10-17-11-6-8-12-7-5-9-13(16)14(12)15(17)18/h5,7,9H,2-4,6,8,10-11,16H2,1H3. The predicted molar refractivity (Wildman–Crippen MR) is 74.6 cm³/mol. The third-order valence-corrected chi connectivity index (χ3v) is 3.59. The zero-order chi connectivity index (χ0) is 13.0. The van der Waals surface area contributed by atoms with Crippen molar-refractivity contribution in [3.05, 3.63) is 29.3 Å². The van der Waals surface area contributed by atoms with Gasteiger partial charge in [-0.3, -0.25) is 4.79 Å². The van der Waals surface area contributed by atoms with Crippen LogP contribution < -0.4 is 5.73 Å². The molecule has 1 aromatic carbocycles. The van der Waals surface area contributed by atoms with Gasteiger partial charge >= 0.3 is 0 Å². The Morgan fingerprint density at radius 1 is 1.33 bits per heavy atom. The lowest BCUT2D eigenvalue weighted by molar-refractivity contribution is 0.0759. The topological polar surface area (TPSA) is 46.3 Å². The summed E-state index contributed by atoms with van der Waals surface area (Å²) < 4.78 is 0. The molecule has 2 N–H and O–H groups in total. The summed E-state index contributed by atoms with van der Waals surface area (Å²) in [5.74, 6) is 0.122. The largest absolute Gasteiger partial charge is 0.398 e. The minimum absolute atomic E-state index is 0.122. The summed E-state index contributed by atoms with van der Waals surface area (Å²) in [5.41, 5.74) is 8.45. The number of nitrogen functional groups attached to an aromatic ring is 1. The third kappa shape index (κ3) is 2.66. The first-order valence-electron chi connectivity index (χ1n) is 6.90. The fourth-order valence-electron chi connectivity index (χ4n) is 2.58. The smallest absolute Gasteiger partial charge is 0.256 e. The molecule has 0 aromatic heterocycles. The normalized spacial score (nSPS) is 15.4. The van der Waals surface area contributed by atoms with Crippen molar-refractivity contribution in [2.45, 2.75) is 39.0 Å². The molecule has 3 nitrogen and oxygen atoms in total. The predicted octanol–water partition coefficient (Wildman–Crippen LogP) is 2.85. The molecule has 1 aliphatic rings. The van der Waals surface area contributed by atoms with E-state index in [-0.39, 0.29) is 5.91 Å². The molecule has 98 valence electrons. The molecule has 0 radical (unpaired) electrons. The van der Waals surface area contributed by atoms with Crippen LogP contribution in [0.4, 0.5) is 5.69 Å². The van der Waals surface area contributed by atoms with Crippen LogP contribution in [0.5, 0.6) is 0 Å². The summed E-state index contributed by atoms with van der Waals surface area (Å²) in [6.45, 7) is 3.90. The van der Waals surface area contributed by atoms with E-state index in [0.29, 0.717) is 5.69 Å². The van der Waals surface area contributed by atoms with Crippen LogP contribution in [0.15, 0.2) is 18.2 Å². The Labute approximate surface area is 109 Å². The number of nitrogens with zero attached hydrogens (tertiary/aromatic N) is 1. The summed E-state index contributed by atoms with van der Waals surface area (Å²) >= 11 is 0. The second kappa shape index (κ2) is 5.89. The maximum absolute atomic E-state index is 12.5. The highest BCUT2D eigenvalue weighted by Crippen LogP contribution is 2.24. The average molecular weight is 246 g/mol. The van der Waals surface area contributed by atoms with Crippen molar-refractivity contribution < 1.29 is 4.79 Å². The Bertz CT molecular complexity index is 429. The van der Waals surface area contributed by atoms with E-state index in [4.69, 9.17) is 5.73 Å². The summed E-state index contributed by atoms with van der Waals surface area (Å²) in [7, 11) is 0. The zero-order valence-corrected chi connectivity index (χ0v) is 11.1. The summed E-state index contributed by atoms with van der Waals surface area (Å²) in [4.78, 5) is 14.5. The Kier molecular flexibility index (Phi) is 4.24. The number of carbonyl (C=O) groups excluding carboxylic acids is 1. The lowest BCUT2D eigenvalue weighted by Crippen LogP contribution is -2.32. The highest BCUT2D eigenvalue weighted by atomic mass is 16.2. The van der Waals surface area contributed by atoms with Gasteiger partial charge in [-0.2, -0.15) is 0 Å². The van der Waals surface area contributed by atoms with Gasteiger partial charge in [0.1, 0.15) is 0 Å². The van der Waals surface area contributed by atoms with Crippen molar-refractivity contribution >= 4 is 11.6 Å². The molecular weight excluding hydrogens is 224 g/mol. The highest BCUT2D eigenvalue weighted by molar-refractivity contribution is 6.00. The third-order valence-electron chi connectivity index (χ3n) is 3.59. The van der Waals surface area contributed by atoms with Crippen LogP contribution in [0.3, 0.4) is 0 Å². The fraction of sp³-hybridized carbons (Fsp3) is 0.533. The van der Waals surface area contributed by atoms with Gasteiger partial charge in [-0.15, -0.1) is 0 Å². The molecule has 0 unspecified atom stereocenters. The van der Waals surface area contributed by atoms with Crippen molar-refractivity contribution in [2.75, 3.05) is 18.8 Å². The van der Waals surface area contributed by atoms with E-state index < -0.39 is 0 Å². The second-order valence-corrected chi connectivity index (χ2v) is 4.98. The first-order valence-corrected chi connectivity index (χ1v) is 6.90. The minimum Gasteiger partial charge on any atom is -0.398 e. The van der Waals surface area contributed by atoms with Crippen molar-refractivity contribution in [3.63, 3.8) is 0 Å². The van der Waals surface area contributed by atoms with Gasteiger partial charge in [0, 0.05) is 18.8 Å². The SMILES string of the molecule is CCCCCN1CCCc2cccc(N)c2C1=O. The lowest BCUT2D eigenvalue weighted by Gasteiger charge is -2.21. The van der Waals surface area contributed by atoms with E-state index in [9.17, 15) is 4.79 Å². The molecule has 0 spiro atoms. The summed E-state index contributed by atoms with van der Waals surface area (Å²) in [6.07, 6.45) is 5.44. The number of nitrogens with two attached hydrogens (primary N) is 1. The van der Waals surface area contributed by atoms with Crippen molar-refractivity contribution in [3.8, 4) is 0 Å². The van der Waals surface area contributed by atoms with Crippen LogP contribution in [0.2, 0.25) is 0 Å². The lowest BCUT2D eigenvalue weighted by atomic mass is 10.0. The van der Waals surface area contributed by atoms with Crippen LogP contribution in [-0.4, -0.2) is 23.9 Å². The Morgan fingerprint density at radius 3 is 2.94 bits per heavy atom. The maximum atomic E-state index is 12.5. The number of unbranched alkanes of at least 4 members (excludes halogenated alkanes) is 2. The van der Waals surface area contributed by atoms with Crippen LogP contribution >= 0.6 is 0 Å². The fourth-order valence-corrected chi connectivity index (χ4v) is 2.58. The van der Waals surface area contributed by atoms with Crippen molar-refractivity contribution in [2.24, 2.45) is 0 Å². The van der Waals surface area contributed by atoms with E-state index in [1.807, 2.05) is 23.1 Å². The second-order valence-electron chi connectivity index (χ2n) is 4.98. The van der Waals surface area contributed by atoms with E-state index in [0.717, 1.165) is 43.5 Å². The van der Waals surface area contributed by atoms with E-state index in [1.165, 1.54) is 12.8 Å². The number of hydrogen-bond acceptors (Lipinski definition) is 2. The molecule has 0 saturated heterocycles. The van der Waals surface area contributed by atoms with Gasteiger partial charge in [0.25, 0.3) is 5.91 Å². The van der Waals surface area contributed by atoms with Gasteiger partial charge in [0.05, 0.1) is 5.56 Å². The van der Waals surface area contributed by atoms with Crippen LogP contribution in [0.25, 0.3) is 0 Å². The number of rotatable bonds is 4. The number of carbonyl (C=O) groups is 1. The van der Waals surface area contributed by atoms with Gasteiger partial charge in [0.2, 0.25) is 0 Å². The first kappa shape index (κ1) is 12.9. The Hall–Kier alpha value is -1.51. The molecule has 1 aromatic rings. The molecule has 0 aliphatic carbocycles.